The summed E-state index contributed by atoms with van der Waals surface area (Å²) in [6, 6.07) is 4.89. The molecule has 0 radical (unpaired) electrons. The number of non-ortho nitro benzene ring substituents is 1. The van der Waals surface area contributed by atoms with Crippen LogP contribution in [0, 0.1) is 10.1 Å². The molecule has 0 aliphatic carbocycles. The highest BCUT2D eigenvalue weighted by molar-refractivity contribution is 6.02. The zero-order chi connectivity index (χ0) is 14.6. The number of carbonyl (C=O) groups excluding carboxylic acids is 2. The van der Waals surface area contributed by atoms with E-state index in [9.17, 15) is 19.7 Å². The number of rotatable bonds is 2. The fourth-order valence-corrected chi connectivity index (χ4v) is 1.20. The first-order valence-corrected chi connectivity index (χ1v) is 5.48. The van der Waals surface area contributed by atoms with Gasteiger partial charge < -0.3 is 4.74 Å². The molecule has 0 aliphatic rings. The summed E-state index contributed by atoms with van der Waals surface area (Å²) in [6.45, 7) is 5.01. The summed E-state index contributed by atoms with van der Waals surface area (Å²) in [4.78, 5) is 32.9. The predicted octanol–water partition coefficient (Wildman–Crippen LogP) is 2.26. The van der Waals surface area contributed by atoms with Crippen molar-refractivity contribution < 1.29 is 19.2 Å². The molecule has 0 fully saturated rings. The van der Waals surface area contributed by atoms with Crippen molar-refractivity contribution in [2.45, 2.75) is 26.4 Å². The number of imide groups is 1. The first-order valence-electron chi connectivity index (χ1n) is 5.48. The third kappa shape index (κ3) is 4.74. The standard InChI is InChI=1S/C12H14N2O5/c1-12(2,3)19-11(16)13-10(15)8-4-6-9(7-5-8)14(17)18/h4-7H,1-3H3,(H,13,15,16). The molecule has 1 aromatic rings. The average Bonchev–Trinajstić information content (AvgIpc) is 2.26. The highest BCUT2D eigenvalue weighted by atomic mass is 16.6. The first-order chi connectivity index (χ1) is 8.69. The number of ether oxygens (including phenoxy) is 1. The second-order valence-electron chi connectivity index (χ2n) is 4.76. The fourth-order valence-electron chi connectivity index (χ4n) is 1.20. The largest absolute Gasteiger partial charge is 0.444 e. The Hall–Kier alpha value is -2.44. The van der Waals surface area contributed by atoms with Crippen molar-refractivity contribution >= 4 is 17.7 Å². The minimum absolute atomic E-state index is 0.131. The molecular formula is C12H14N2O5. The molecule has 2 amide bonds. The lowest BCUT2D eigenvalue weighted by Crippen LogP contribution is -2.36. The number of benzene rings is 1. The molecule has 0 aromatic heterocycles. The maximum absolute atomic E-state index is 11.6. The Balaban J connectivity index is 2.68. The topological polar surface area (TPSA) is 98.5 Å². The second kappa shape index (κ2) is 5.47. The van der Waals surface area contributed by atoms with Gasteiger partial charge in [-0.2, -0.15) is 0 Å². The molecule has 0 unspecified atom stereocenters. The molecule has 102 valence electrons. The van der Waals surface area contributed by atoms with Gasteiger partial charge in [0.15, 0.2) is 0 Å². The third-order valence-corrected chi connectivity index (χ3v) is 1.95. The molecular weight excluding hydrogens is 252 g/mol. The van der Waals surface area contributed by atoms with E-state index in [1.54, 1.807) is 20.8 Å². The molecule has 0 atom stereocenters. The Labute approximate surface area is 109 Å². The Morgan fingerprint density at radius 3 is 2.16 bits per heavy atom. The lowest BCUT2D eigenvalue weighted by molar-refractivity contribution is -0.384. The second-order valence-corrected chi connectivity index (χ2v) is 4.76. The van der Waals surface area contributed by atoms with Crippen LogP contribution in [0.1, 0.15) is 31.1 Å². The summed E-state index contributed by atoms with van der Waals surface area (Å²) in [5, 5.41) is 12.5. The highest BCUT2D eigenvalue weighted by Crippen LogP contribution is 2.12. The predicted molar refractivity (Wildman–Crippen MR) is 66.8 cm³/mol. The summed E-state index contributed by atoms with van der Waals surface area (Å²) < 4.78 is 4.91. The SMILES string of the molecule is CC(C)(C)OC(=O)NC(=O)c1ccc([N+](=O)[O-])cc1. The number of hydrogen-bond acceptors (Lipinski definition) is 5. The monoisotopic (exact) mass is 266 g/mol. The van der Waals surface area contributed by atoms with Gasteiger partial charge in [0.05, 0.1) is 4.92 Å². The van der Waals surface area contributed by atoms with Gasteiger partial charge in [0.25, 0.3) is 11.6 Å². The molecule has 0 aliphatic heterocycles. The van der Waals surface area contributed by atoms with Crippen molar-refractivity contribution in [3.8, 4) is 0 Å². The lowest BCUT2D eigenvalue weighted by atomic mass is 10.2. The van der Waals surface area contributed by atoms with Gasteiger partial charge in [0, 0.05) is 17.7 Å². The number of alkyl carbamates (subject to hydrolysis) is 1. The molecule has 19 heavy (non-hydrogen) atoms. The fraction of sp³-hybridized carbons (Fsp3) is 0.333. The summed E-state index contributed by atoms with van der Waals surface area (Å²) >= 11 is 0. The zero-order valence-corrected chi connectivity index (χ0v) is 10.8. The van der Waals surface area contributed by atoms with E-state index in [0.717, 1.165) is 0 Å². The molecule has 0 spiro atoms. The minimum atomic E-state index is -0.865. The van der Waals surface area contributed by atoms with Gasteiger partial charge >= 0.3 is 6.09 Å². The number of nitro benzene ring substituents is 1. The van der Waals surface area contributed by atoms with E-state index in [4.69, 9.17) is 4.74 Å². The van der Waals surface area contributed by atoms with Crippen LogP contribution in [0.2, 0.25) is 0 Å². The van der Waals surface area contributed by atoms with E-state index in [2.05, 4.69) is 0 Å². The van der Waals surface area contributed by atoms with E-state index in [0.29, 0.717) is 0 Å². The third-order valence-electron chi connectivity index (χ3n) is 1.95. The molecule has 0 bridgehead atoms. The number of nitrogens with one attached hydrogen (secondary N) is 1. The quantitative estimate of drug-likeness (QED) is 0.653. The number of nitrogens with zero attached hydrogens (tertiary/aromatic N) is 1. The van der Waals surface area contributed by atoms with Crippen LogP contribution >= 0.6 is 0 Å². The van der Waals surface area contributed by atoms with Crippen LogP contribution in [-0.4, -0.2) is 22.5 Å². The lowest BCUT2D eigenvalue weighted by Gasteiger charge is -2.19. The van der Waals surface area contributed by atoms with Gasteiger partial charge in [-0.1, -0.05) is 0 Å². The van der Waals surface area contributed by atoms with Crippen molar-refractivity contribution in [1.82, 2.24) is 5.32 Å². The van der Waals surface area contributed by atoms with Crippen LogP contribution in [-0.2, 0) is 4.74 Å². The Morgan fingerprint density at radius 2 is 1.74 bits per heavy atom. The van der Waals surface area contributed by atoms with E-state index < -0.39 is 22.5 Å². The van der Waals surface area contributed by atoms with Gasteiger partial charge in [0.2, 0.25) is 0 Å². The number of nitro groups is 1. The smallest absolute Gasteiger partial charge is 0.414 e. The highest BCUT2D eigenvalue weighted by Gasteiger charge is 2.19. The summed E-state index contributed by atoms with van der Waals surface area (Å²) in [5.41, 5.74) is -0.704. The number of hydrogen-bond donors (Lipinski definition) is 1. The van der Waals surface area contributed by atoms with Crippen LogP contribution < -0.4 is 5.32 Å². The molecule has 7 heteroatoms. The molecule has 1 N–H and O–H groups in total. The van der Waals surface area contributed by atoms with Crippen LogP contribution in [0.5, 0.6) is 0 Å². The van der Waals surface area contributed by atoms with Crippen molar-refractivity contribution in [1.29, 1.82) is 0 Å². The zero-order valence-electron chi connectivity index (χ0n) is 10.8. The van der Waals surface area contributed by atoms with E-state index in [1.807, 2.05) is 5.32 Å². The molecule has 1 rings (SSSR count). The maximum Gasteiger partial charge on any atom is 0.414 e. The normalized spacial score (nSPS) is 10.7. The Bertz CT molecular complexity index is 502. The molecule has 0 heterocycles. The van der Waals surface area contributed by atoms with E-state index in [-0.39, 0.29) is 11.3 Å². The van der Waals surface area contributed by atoms with Crippen molar-refractivity contribution in [2.24, 2.45) is 0 Å². The Kier molecular flexibility index (Phi) is 4.21. The molecule has 0 saturated heterocycles. The van der Waals surface area contributed by atoms with Gasteiger partial charge in [-0.25, -0.2) is 4.79 Å². The van der Waals surface area contributed by atoms with Gasteiger partial charge in [-0.15, -0.1) is 0 Å². The van der Waals surface area contributed by atoms with E-state index >= 15 is 0 Å². The van der Waals surface area contributed by atoms with Crippen LogP contribution in [0.15, 0.2) is 24.3 Å². The van der Waals surface area contributed by atoms with Gasteiger partial charge in [-0.05, 0) is 32.9 Å². The van der Waals surface area contributed by atoms with Crippen molar-refractivity contribution in [3.05, 3.63) is 39.9 Å². The molecule has 0 saturated carbocycles. The summed E-state index contributed by atoms with van der Waals surface area (Å²) in [6.07, 6.45) is -0.865. The number of carbonyl (C=O) groups is 2. The van der Waals surface area contributed by atoms with Crippen LogP contribution in [0.25, 0.3) is 0 Å². The summed E-state index contributed by atoms with van der Waals surface area (Å²) in [5.74, 6) is -0.677. The van der Waals surface area contributed by atoms with Gasteiger partial charge in [0.1, 0.15) is 5.60 Å². The average molecular weight is 266 g/mol. The van der Waals surface area contributed by atoms with Crippen molar-refractivity contribution in [3.63, 3.8) is 0 Å². The van der Waals surface area contributed by atoms with E-state index in [1.165, 1.54) is 24.3 Å². The maximum atomic E-state index is 11.6. The van der Waals surface area contributed by atoms with Crippen LogP contribution in [0.3, 0.4) is 0 Å². The first kappa shape index (κ1) is 14.6. The summed E-state index contributed by atoms with van der Waals surface area (Å²) in [7, 11) is 0. The van der Waals surface area contributed by atoms with Gasteiger partial charge in [-0.3, -0.25) is 20.2 Å². The van der Waals surface area contributed by atoms with Crippen molar-refractivity contribution in [2.75, 3.05) is 0 Å². The number of amides is 2. The Morgan fingerprint density at radius 1 is 1.21 bits per heavy atom. The molecule has 1 aromatic carbocycles. The minimum Gasteiger partial charge on any atom is -0.444 e. The van der Waals surface area contributed by atoms with Crippen LogP contribution in [0.4, 0.5) is 10.5 Å². The molecule has 7 nitrogen and oxygen atoms in total.